The second kappa shape index (κ2) is 7.45. The van der Waals surface area contributed by atoms with Crippen LogP contribution in [0.2, 0.25) is 0 Å². The number of likely N-dealkylation sites (N-methyl/N-ethyl adjacent to an activating group) is 1. The summed E-state index contributed by atoms with van der Waals surface area (Å²) >= 11 is 0. The summed E-state index contributed by atoms with van der Waals surface area (Å²) in [6.45, 7) is 3.50. The molecule has 2 aromatic carbocycles. The first-order valence-corrected chi connectivity index (χ1v) is 9.89. The van der Waals surface area contributed by atoms with Crippen molar-refractivity contribution in [3.05, 3.63) is 65.2 Å². The summed E-state index contributed by atoms with van der Waals surface area (Å²) in [6, 6.07) is 16.6. The van der Waals surface area contributed by atoms with Gasteiger partial charge in [-0.05, 0) is 56.0 Å². The highest BCUT2D eigenvalue weighted by molar-refractivity contribution is 5.99. The Hall–Kier alpha value is -2.17. The topological polar surface area (TPSA) is 43.8 Å². The lowest BCUT2D eigenvalue weighted by Crippen LogP contribution is -2.36. The Bertz CT molecular complexity index is 816. The van der Waals surface area contributed by atoms with Gasteiger partial charge in [-0.2, -0.15) is 0 Å². The maximum atomic E-state index is 12.6. The van der Waals surface area contributed by atoms with Gasteiger partial charge in [-0.15, -0.1) is 0 Å². The Morgan fingerprint density at radius 3 is 2.67 bits per heavy atom. The molecule has 4 nitrogen and oxygen atoms in total. The monoisotopic (exact) mass is 364 g/mol. The van der Waals surface area contributed by atoms with Gasteiger partial charge in [-0.3, -0.25) is 9.69 Å². The van der Waals surface area contributed by atoms with Gasteiger partial charge in [-0.1, -0.05) is 42.5 Å². The quantitative estimate of drug-likeness (QED) is 0.853. The zero-order chi connectivity index (χ0) is 19.0. The van der Waals surface area contributed by atoms with Gasteiger partial charge in [0.2, 0.25) is 5.91 Å². The normalized spacial score (nSPS) is 20.0. The Balaban J connectivity index is 1.44. The van der Waals surface area contributed by atoms with Crippen LogP contribution in [0.3, 0.4) is 0 Å². The smallest absolute Gasteiger partial charge is 0.230 e. The van der Waals surface area contributed by atoms with Crippen molar-refractivity contribution < 1.29 is 9.90 Å². The lowest BCUT2D eigenvalue weighted by molar-refractivity contribution is -0.120. The minimum atomic E-state index is -0.535. The van der Waals surface area contributed by atoms with Crippen LogP contribution in [-0.4, -0.2) is 35.5 Å². The van der Waals surface area contributed by atoms with Crippen molar-refractivity contribution in [1.29, 1.82) is 0 Å². The molecule has 27 heavy (non-hydrogen) atoms. The predicted molar refractivity (Wildman–Crippen MR) is 108 cm³/mol. The molecule has 4 rings (SSSR count). The van der Waals surface area contributed by atoms with Crippen LogP contribution < -0.4 is 4.90 Å². The SMILES string of the molecule is C[C@H]1Cc2cc([C@@H](O)CN(C)Cc3ccccc3)ccc2N1C(=O)C1CC1. The summed E-state index contributed by atoms with van der Waals surface area (Å²) in [5.41, 5.74) is 4.39. The summed E-state index contributed by atoms with van der Waals surface area (Å²) in [4.78, 5) is 16.7. The molecule has 142 valence electrons. The van der Waals surface area contributed by atoms with Crippen molar-refractivity contribution in [2.45, 2.75) is 44.9 Å². The summed E-state index contributed by atoms with van der Waals surface area (Å²) in [5, 5.41) is 10.7. The maximum Gasteiger partial charge on any atom is 0.230 e. The number of nitrogens with zero attached hydrogens (tertiary/aromatic N) is 2. The summed E-state index contributed by atoms with van der Waals surface area (Å²) in [6.07, 6.45) is 2.39. The molecule has 1 N–H and O–H groups in total. The number of aliphatic hydroxyl groups excluding tert-OH is 1. The van der Waals surface area contributed by atoms with Crippen molar-refractivity contribution in [2.24, 2.45) is 5.92 Å². The number of hydrogen-bond donors (Lipinski definition) is 1. The lowest BCUT2D eigenvalue weighted by atomic mass is 10.0. The van der Waals surface area contributed by atoms with Gasteiger partial charge in [0.05, 0.1) is 6.10 Å². The molecule has 2 atom stereocenters. The molecule has 4 heteroatoms. The van der Waals surface area contributed by atoms with Crippen molar-refractivity contribution in [2.75, 3.05) is 18.5 Å². The fourth-order valence-electron chi connectivity index (χ4n) is 4.08. The van der Waals surface area contributed by atoms with E-state index in [1.165, 1.54) is 11.1 Å². The molecule has 0 unspecified atom stereocenters. The van der Waals surface area contributed by atoms with E-state index in [4.69, 9.17) is 0 Å². The van der Waals surface area contributed by atoms with Crippen LogP contribution in [0.1, 0.15) is 42.6 Å². The molecule has 1 saturated carbocycles. The molecular formula is C23H28N2O2. The van der Waals surface area contributed by atoms with E-state index in [2.05, 4.69) is 30.0 Å². The van der Waals surface area contributed by atoms with Gasteiger partial charge >= 0.3 is 0 Å². The predicted octanol–water partition coefficient (Wildman–Crippen LogP) is 3.54. The van der Waals surface area contributed by atoms with Gasteiger partial charge in [0.1, 0.15) is 0 Å². The highest BCUT2D eigenvalue weighted by Crippen LogP contribution is 2.39. The lowest BCUT2D eigenvalue weighted by Gasteiger charge is -2.23. The van der Waals surface area contributed by atoms with Gasteiger partial charge in [0.25, 0.3) is 0 Å². The van der Waals surface area contributed by atoms with Gasteiger partial charge in [0.15, 0.2) is 0 Å². The molecule has 0 aromatic heterocycles. The van der Waals surface area contributed by atoms with Crippen LogP contribution >= 0.6 is 0 Å². The molecule has 2 aromatic rings. The fourth-order valence-corrected chi connectivity index (χ4v) is 4.08. The number of benzene rings is 2. The summed E-state index contributed by atoms with van der Waals surface area (Å²) in [7, 11) is 2.03. The summed E-state index contributed by atoms with van der Waals surface area (Å²) < 4.78 is 0. The zero-order valence-electron chi connectivity index (χ0n) is 16.1. The number of carbonyl (C=O) groups is 1. The van der Waals surface area contributed by atoms with E-state index in [0.717, 1.165) is 37.1 Å². The van der Waals surface area contributed by atoms with Gasteiger partial charge in [0, 0.05) is 30.7 Å². The highest BCUT2D eigenvalue weighted by atomic mass is 16.3. The average Bonchev–Trinajstić information content (AvgIpc) is 3.44. The Morgan fingerprint density at radius 1 is 1.22 bits per heavy atom. The third kappa shape index (κ3) is 3.92. The standard InChI is InChI=1S/C23H28N2O2/c1-16-12-20-13-19(10-11-21(20)25(16)23(27)18-8-9-18)22(26)15-24(2)14-17-6-4-3-5-7-17/h3-7,10-11,13,16,18,22,26H,8-9,12,14-15H2,1-2H3/t16-,22-/m0/s1. The van der Waals surface area contributed by atoms with Crippen LogP contribution in [-0.2, 0) is 17.8 Å². The first-order chi connectivity index (χ1) is 13.0. The number of carbonyl (C=O) groups excluding carboxylic acids is 1. The van der Waals surface area contributed by atoms with Crippen molar-refractivity contribution in [3.8, 4) is 0 Å². The van der Waals surface area contributed by atoms with E-state index in [1.54, 1.807) is 0 Å². The Morgan fingerprint density at radius 2 is 1.96 bits per heavy atom. The van der Waals surface area contributed by atoms with Crippen molar-refractivity contribution in [1.82, 2.24) is 4.90 Å². The van der Waals surface area contributed by atoms with E-state index in [9.17, 15) is 9.90 Å². The third-order valence-corrected chi connectivity index (χ3v) is 5.65. The van der Waals surface area contributed by atoms with Crippen molar-refractivity contribution >= 4 is 11.6 Å². The Labute approximate surface area is 161 Å². The molecule has 1 amide bonds. The number of aliphatic hydroxyl groups is 1. The first-order valence-electron chi connectivity index (χ1n) is 9.89. The third-order valence-electron chi connectivity index (χ3n) is 5.65. The number of fused-ring (bicyclic) bond motifs is 1. The molecule has 2 aliphatic rings. The molecule has 1 fully saturated rings. The molecular weight excluding hydrogens is 336 g/mol. The number of amides is 1. The number of rotatable bonds is 6. The number of anilines is 1. The summed E-state index contributed by atoms with van der Waals surface area (Å²) in [5.74, 6) is 0.507. The Kier molecular flexibility index (Phi) is 5.02. The number of hydrogen-bond acceptors (Lipinski definition) is 3. The molecule has 0 spiro atoms. The zero-order valence-corrected chi connectivity index (χ0v) is 16.1. The van der Waals surface area contributed by atoms with E-state index >= 15 is 0 Å². The second-order valence-electron chi connectivity index (χ2n) is 8.12. The fraction of sp³-hybridized carbons (Fsp3) is 0.435. The van der Waals surface area contributed by atoms with E-state index < -0.39 is 6.10 Å². The molecule has 1 aliphatic heterocycles. The van der Waals surface area contributed by atoms with E-state index in [-0.39, 0.29) is 17.9 Å². The van der Waals surface area contributed by atoms with Crippen LogP contribution in [0.5, 0.6) is 0 Å². The maximum absolute atomic E-state index is 12.6. The van der Waals surface area contributed by atoms with Crippen LogP contribution in [0.4, 0.5) is 5.69 Å². The molecule has 1 heterocycles. The largest absolute Gasteiger partial charge is 0.387 e. The minimum absolute atomic E-state index is 0.209. The molecule has 0 saturated heterocycles. The molecule has 0 bridgehead atoms. The molecule has 1 aliphatic carbocycles. The van der Waals surface area contributed by atoms with E-state index in [1.807, 2.05) is 42.3 Å². The first kappa shape index (κ1) is 18.2. The van der Waals surface area contributed by atoms with Gasteiger partial charge < -0.3 is 10.0 Å². The minimum Gasteiger partial charge on any atom is -0.387 e. The average molecular weight is 364 g/mol. The van der Waals surface area contributed by atoms with Crippen LogP contribution in [0.15, 0.2) is 48.5 Å². The van der Waals surface area contributed by atoms with Crippen LogP contribution in [0, 0.1) is 5.92 Å². The van der Waals surface area contributed by atoms with Gasteiger partial charge in [-0.25, -0.2) is 0 Å². The molecule has 0 radical (unpaired) electrons. The van der Waals surface area contributed by atoms with Crippen molar-refractivity contribution in [3.63, 3.8) is 0 Å². The second-order valence-corrected chi connectivity index (χ2v) is 8.12. The van der Waals surface area contributed by atoms with Crippen LogP contribution in [0.25, 0.3) is 0 Å². The van der Waals surface area contributed by atoms with E-state index in [0.29, 0.717) is 6.54 Å². The highest BCUT2D eigenvalue weighted by Gasteiger charge is 2.39.